The summed E-state index contributed by atoms with van der Waals surface area (Å²) in [4.78, 5) is 44.2. The Balaban J connectivity index is 1.74. The van der Waals surface area contributed by atoms with E-state index in [9.17, 15) is 14.4 Å². The number of nitrogens with zero attached hydrogens (tertiary/aromatic N) is 3. The Morgan fingerprint density at radius 2 is 1.74 bits per heavy atom. The quantitative estimate of drug-likeness (QED) is 0.282. The molecular weight excluding hydrogens is 510 g/mol. The molecule has 1 heterocycles. The predicted molar refractivity (Wildman–Crippen MR) is 143 cm³/mol. The van der Waals surface area contributed by atoms with Gasteiger partial charge in [0.2, 0.25) is 0 Å². The monoisotopic (exact) mass is 547 g/mol. The molecule has 3 rings (SSSR count). The van der Waals surface area contributed by atoms with Crippen LogP contribution in [0.5, 0.6) is 0 Å². The Bertz CT molecular complexity index is 1140. The average molecular weight is 548 g/mol. The van der Waals surface area contributed by atoms with E-state index >= 15 is 0 Å². The lowest BCUT2D eigenvalue weighted by molar-refractivity contribution is -0.146. The fourth-order valence-electron chi connectivity index (χ4n) is 4.32. The van der Waals surface area contributed by atoms with Crippen LogP contribution < -0.4 is 0 Å². The van der Waals surface area contributed by atoms with Gasteiger partial charge in [0.1, 0.15) is 16.6 Å². The molecule has 1 saturated carbocycles. The minimum Gasteiger partial charge on any atom is -0.465 e. The van der Waals surface area contributed by atoms with Crippen molar-refractivity contribution in [3.8, 4) is 5.69 Å². The summed E-state index contributed by atoms with van der Waals surface area (Å²) in [6.07, 6.45) is 3.56. The molecular formula is C28H38ClN3O6. The highest BCUT2D eigenvalue weighted by atomic mass is 35.5. The van der Waals surface area contributed by atoms with E-state index in [1.54, 1.807) is 60.9 Å². The number of hydrogen-bond acceptors (Lipinski definition) is 7. The maximum absolute atomic E-state index is 13.1. The molecule has 0 unspecified atom stereocenters. The molecule has 1 fully saturated rings. The van der Waals surface area contributed by atoms with Gasteiger partial charge in [0.05, 0.1) is 18.6 Å². The fourth-order valence-corrected chi connectivity index (χ4v) is 4.51. The van der Waals surface area contributed by atoms with E-state index in [1.807, 2.05) is 29.0 Å². The third-order valence-electron chi connectivity index (χ3n) is 6.05. The number of amides is 2. The molecule has 2 amide bonds. The largest absolute Gasteiger partial charge is 0.465 e. The molecule has 0 saturated heterocycles. The average Bonchev–Trinajstić information content (AvgIpc) is 3.29. The van der Waals surface area contributed by atoms with Crippen molar-refractivity contribution in [1.29, 1.82) is 0 Å². The van der Waals surface area contributed by atoms with Gasteiger partial charge >= 0.3 is 18.2 Å². The number of carbonyl (C=O) groups is 3. The van der Waals surface area contributed by atoms with E-state index in [2.05, 4.69) is 4.98 Å². The molecule has 0 bridgehead atoms. The number of aromatic nitrogens is 2. The molecule has 2 atom stereocenters. The standard InChI is InChI=1S/C28H38ClN3O6/c1-8-36-23(33)28(22-17-31(18-30-22)21-13-9-12-20(29)15-21)16-19(28)11-10-14-32(24(34)37-26(2,3)4)25(35)38-27(5,6)7/h9,12-13,15,17-19H,8,10-11,14,16H2,1-7H3/t19-,28+/m1/s1. The van der Waals surface area contributed by atoms with Gasteiger partial charge < -0.3 is 18.8 Å². The van der Waals surface area contributed by atoms with Crippen LogP contribution in [0.1, 0.15) is 73.4 Å². The molecule has 0 N–H and O–H groups in total. The SMILES string of the molecule is CCOC(=O)[C@@]1(c2cn(-c3cccc(Cl)c3)cn2)C[C@H]1CCCN(C(=O)OC(C)(C)C)C(=O)OC(C)(C)C. The van der Waals surface area contributed by atoms with Crippen molar-refractivity contribution in [3.05, 3.63) is 47.5 Å². The fraction of sp³-hybridized carbons (Fsp3) is 0.571. The summed E-state index contributed by atoms with van der Waals surface area (Å²) < 4.78 is 18.1. The highest BCUT2D eigenvalue weighted by Gasteiger charge is 2.63. The molecule has 1 aliphatic rings. The van der Waals surface area contributed by atoms with Gasteiger partial charge in [0.15, 0.2) is 0 Å². The van der Waals surface area contributed by atoms with Gasteiger partial charge in [-0.05, 0) is 91.8 Å². The highest BCUT2D eigenvalue weighted by molar-refractivity contribution is 6.30. The first kappa shape index (κ1) is 29.5. The van der Waals surface area contributed by atoms with E-state index in [0.29, 0.717) is 30.0 Å². The minimum atomic E-state index is -0.873. The van der Waals surface area contributed by atoms with Crippen LogP contribution in [0.2, 0.25) is 5.02 Å². The Morgan fingerprint density at radius 1 is 1.11 bits per heavy atom. The zero-order valence-electron chi connectivity index (χ0n) is 23.2. The molecule has 9 nitrogen and oxygen atoms in total. The van der Waals surface area contributed by atoms with E-state index in [1.165, 1.54) is 0 Å². The maximum Gasteiger partial charge on any atom is 0.419 e. The number of rotatable bonds is 8. The lowest BCUT2D eigenvalue weighted by atomic mass is 9.97. The summed E-state index contributed by atoms with van der Waals surface area (Å²) >= 11 is 6.14. The Morgan fingerprint density at radius 3 is 2.29 bits per heavy atom. The maximum atomic E-state index is 13.1. The first-order chi connectivity index (χ1) is 17.7. The third kappa shape index (κ3) is 7.28. The van der Waals surface area contributed by atoms with Crippen molar-refractivity contribution in [3.63, 3.8) is 0 Å². The summed E-state index contributed by atoms with van der Waals surface area (Å²) in [5.74, 6) is -0.374. The zero-order chi connectivity index (χ0) is 28.3. The van der Waals surface area contributed by atoms with Crippen LogP contribution in [-0.2, 0) is 24.4 Å². The molecule has 0 spiro atoms. The predicted octanol–water partition coefficient (Wildman–Crippen LogP) is 6.30. The van der Waals surface area contributed by atoms with Crippen molar-refractivity contribution in [2.45, 2.75) is 84.3 Å². The summed E-state index contributed by atoms with van der Waals surface area (Å²) in [5.41, 5.74) is -0.957. The Kier molecular flexibility index (Phi) is 8.81. The molecule has 208 valence electrons. The van der Waals surface area contributed by atoms with Crippen LogP contribution in [0.4, 0.5) is 9.59 Å². The number of imide groups is 1. The topological polar surface area (TPSA) is 100.0 Å². The molecule has 1 aromatic heterocycles. The van der Waals surface area contributed by atoms with Crippen molar-refractivity contribution in [2.75, 3.05) is 13.2 Å². The third-order valence-corrected chi connectivity index (χ3v) is 6.29. The van der Waals surface area contributed by atoms with Crippen molar-refractivity contribution in [1.82, 2.24) is 14.5 Å². The Labute approximate surface area is 229 Å². The van der Waals surface area contributed by atoms with Crippen LogP contribution in [0.3, 0.4) is 0 Å². The van der Waals surface area contributed by atoms with Gasteiger partial charge in [-0.15, -0.1) is 0 Å². The molecule has 1 aliphatic carbocycles. The lowest BCUT2D eigenvalue weighted by Crippen LogP contribution is -2.44. The molecule has 0 aliphatic heterocycles. The number of carbonyl (C=O) groups excluding carboxylic acids is 3. The highest BCUT2D eigenvalue weighted by Crippen LogP contribution is 2.57. The summed E-state index contributed by atoms with van der Waals surface area (Å²) in [6, 6.07) is 7.36. The summed E-state index contributed by atoms with van der Waals surface area (Å²) in [7, 11) is 0. The van der Waals surface area contributed by atoms with Gasteiger partial charge in [-0.3, -0.25) is 4.79 Å². The van der Waals surface area contributed by atoms with Crippen LogP contribution in [0.25, 0.3) is 5.69 Å². The van der Waals surface area contributed by atoms with Crippen LogP contribution in [-0.4, -0.2) is 57.0 Å². The zero-order valence-corrected chi connectivity index (χ0v) is 24.0. The second-order valence-electron chi connectivity index (χ2n) is 11.5. The van der Waals surface area contributed by atoms with Crippen molar-refractivity contribution in [2.24, 2.45) is 5.92 Å². The Hall–Kier alpha value is -3.07. The number of hydrogen-bond donors (Lipinski definition) is 0. The normalized spacial score (nSPS) is 19.0. The van der Waals surface area contributed by atoms with E-state index in [0.717, 1.165) is 10.6 Å². The summed E-state index contributed by atoms with van der Waals surface area (Å²) in [5, 5.41) is 0.599. The molecule has 0 radical (unpaired) electrons. The number of halogens is 1. The number of ether oxygens (including phenoxy) is 3. The summed E-state index contributed by atoms with van der Waals surface area (Å²) in [6.45, 7) is 12.5. The first-order valence-electron chi connectivity index (χ1n) is 12.9. The first-order valence-corrected chi connectivity index (χ1v) is 13.2. The van der Waals surface area contributed by atoms with Crippen LogP contribution in [0.15, 0.2) is 36.8 Å². The molecule has 10 heteroatoms. The van der Waals surface area contributed by atoms with E-state index in [4.69, 9.17) is 25.8 Å². The van der Waals surface area contributed by atoms with Crippen LogP contribution >= 0.6 is 11.6 Å². The van der Waals surface area contributed by atoms with Crippen molar-refractivity contribution >= 4 is 29.8 Å². The van der Waals surface area contributed by atoms with E-state index < -0.39 is 28.8 Å². The second kappa shape index (κ2) is 11.4. The van der Waals surface area contributed by atoms with Gasteiger partial charge in [0.25, 0.3) is 0 Å². The van der Waals surface area contributed by atoms with Gasteiger partial charge in [-0.25, -0.2) is 19.5 Å². The molecule has 2 aromatic rings. The number of imidazole rings is 1. The van der Waals surface area contributed by atoms with Gasteiger partial charge in [-0.1, -0.05) is 17.7 Å². The minimum absolute atomic E-state index is 0.0524. The number of benzene rings is 1. The second-order valence-corrected chi connectivity index (χ2v) is 11.9. The smallest absolute Gasteiger partial charge is 0.419 e. The molecule has 38 heavy (non-hydrogen) atoms. The van der Waals surface area contributed by atoms with Crippen LogP contribution in [0, 0.1) is 5.92 Å². The molecule has 1 aromatic carbocycles. The van der Waals surface area contributed by atoms with Gasteiger partial charge in [-0.2, -0.15) is 0 Å². The van der Waals surface area contributed by atoms with E-state index in [-0.39, 0.29) is 25.0 Å². The van der Waals surface area contributed by atoms with Crippen molar-refractivity contribution < 1.29 is 28.6 Å². The van der Waals surface area contributed by atoms with Gasteiger partial charge in [0, 0.05) is 23.5 Å². The lowest BCUT2D eigenvalue weighted by Gasteiger charge is -2.28. The number of esters is 1.